The van der Waals surface area contributed by atoms with Crippen LogP contribution in [0.2, 0.25) is 5.02 Å². The molecule has 1 heterocycles. The largest absolute Gasteiger partial charge is 0.328 e. The average molecular weight is 174 g/mol. The minimum absolute atomic E-state index is 0.225. The topological polar surface area (TPSA) is 43.8 Å². The monoisotopic (exact) mass is 173 g/mol. The molecule has 0 saturated carbocycles. The molecule has 1 atom stereocenters. The molecular formula is C7H12ClN3. The highest BCUT2D eigenvalue weighted by Gasteiger charge is 2.08. The Labute approximate surface area is 71.1 Å². The zero-order chi connectivity index (χ0) is 8.43. The second kappa shape index (κ2) is 3.24. The zero-order valence-electron chi connectivity index (χ0n) is 6.71. The first-order valence-electron chi connectivity index (χ1n) is 3.56. The van der Waals surface area contributed by atoms with Gasteiger partial charge in [-0.05, 0) is 13.8 Å². The van der Waals surface area contributed by atoms with Crippen molar-refractivity contribution < 1.29 is 0 Å². The number of rotatable bonds is 2. The molecule has 4 heteroatoms. The van der Waals surface area contributed by atoms with Crippen LogP contribution in [0.15, 0.2) is 6.20 Å². The van der Waals surface area contributed by atoms with Crippen LogP contribution >= 0.6 is 11.6 Å². The van der Waals surface area contributed by atoms with Crippen LogP contribution in [0, 0.1) is 6.92 Å². The lowest BCUT2D eigenvalue weighted by Crippen LogP contribution is -2.18. The normalized spacial score (nSPS) is 13.5. The van der Waals surface area contributed by atoms with Gasteiger partial charge in [0.05, 0.1) is 23.0 Å². The number of aromatic nitrogens is 2. The van der Waals surface area contributed by atoms with Crippen molar-refractivity contribution in [2.45, 2.75) is 19.9 Å². The van der Waals surface area contributed by atoms with E-state index in [0.717, 1.165) is 5.69 Å². The van der Waals surface area contributed by atoms with Gasteiger partial charge in [0.1, 0.15) is 0 Å². The lowest BCUT2D eigenvalue weighted by atomic mass is 10.3. The summed E-state index contributed by atoms with van der Waals surface area (Å²) in [5.41, 5.74) is 6.45. The number of nitrogens with zero attached hydrogens (tertiary/aromatic N) is 2. The molecule has 1 aromatic heterocycles. The number of halogens is 1. The van der Waals surface area contributed by atoms with Gasteiger partial charge in [-0.25, -0.2) is 0 Å². The third-order valence-corrected chi connectivity index (χ3v) is 2.11. The summed E-state index contributed by atoms with van der Waals surface area (Å²) >= 11 is 5.81. The van der Waals surface area contributed by atoms with Gasteiger partial charge in [0.15, 0.2) is 0 Å². The number of hydrogen-bond donors (Lipinski definition) is 1. The van der Waals surface area contributed by atoms with Crippen LogP contribution in [0.5, 0.6) is 0 Å². The van der Waals surface area contributed by atoms with Crippen molar-refractivity contribution in [3.8, 4) is 0 Å². The van der Waals surface area contributed by atoms with E-state index in [1.54, 1.807) is 6.20 Å². The van der Waals surface area contributed by atoms with E-state index in [9.17, 15) is 0 Å². The van der Waals surface area contributed by atoms with E-state index in [0.29, 0.717) is 11.6 Å². The Kier molecular flexibility index (Phi) is 2.52. The van der Waals surface area contributed by atoms with Crippen LogP contribution in [0.25, 0.3) is 0 Å². The first-order chi connectivity index (χ1) is 5.16. The molecule has 2 N–H and O–H groups in total. The molecule has 0 saturated heterocycles. The smallest absolute Gasteiger partial charge is 0.0815 e. The molecule has 0 spiro atoms. The van der Waals surface area contributed by atoms with Crippen LogP contribution in [-0.2, 0) is 0 Å². The van der Waals surface area contributed by atoms with E-state index in [2.05, 4.69) is 5.10 Å². The summed E-state index contributed by atoms with van der Waals surface area (Å²) in [5.74, 6) is 0. The maximum Gasteiger partial charge on any atom is 0.0815 e. The summed E-state index contributed by atoms with van der Waals surface area (Å²) in [7, 11) is 0. The Balaban J connectivity index is 2.94. The summed E-state index contributed by atoms with van der Waals surface area (Å²) in [5, 5.41) is 4.79. The van der Waals surface area contributed by atoms with Crippen molar-refractivity contribution in [3.05, 3.63) is 16.9 Å². The van der Waals surface area contributed by atoms with Crippen molar-refractivity contribution in [2.24, 2.45) is 5.73 Å². The van der Waals surface area contributed by atoms with Gasteiger partial charge in [0.25, 0.3) is 0 Å². The van der Waals surface area contributed by atoms with E-state index < -0.39 is 0 Å². The van der Waals surface area contributed by atoms with Gasteiger partial charge in [0, 0.05) is 6.54 Å². The lowest BCUT2D eigenvalue weighted by Gasteiger charge is -2.10. The highest BCUT2D eigenvalue weighted by molar-refractivity contribution is 6.31. The quantitative estimate of drug-likeness (QED) is 0.734. The van der Waals surface area contributed by atoms with E-state index in [-0.39, 0.29) is 6.04 Å². The van der Waals surface area contributed by atoms with Crippen molar-refractivity contribution in [2.75, 3.05) is 6.54 Å². The maximum atomic E-state index is 5.81. The van der Waals surface area contributed by atoms with Crippen molar-refractivity contribution in [1.82, 2.24) is 9.78 Å². The molecule has 0 aliphatic rings. The zero-order valence-corrected chi connectivity index (χ0v) is 7.47. The van der Waals surface area contributed by atoms with Gasteiger partial charge in [-0.1, -0.05) is 11.6 Å². The molecule has 0 fully saturated rings. The molecule has 0 aliphatic heterocycles. The predicted octanol–water partition coefficient (Wildman–Crippen LogP) is 1.36. The third kappa shape index (κ3) is 1.54. The Hall–Kier alpha value is -0.540. The fourth-order valence-corrected chi connectivity index (χ4v) is 1.08. The Morgan fingerprint density at radius 3 is 2.82 bits per heavy atom. The second-order valence-corrected chi connectivity index (χ2v) is 3.01. The summed E-state index contributed by atoms with van der Waals surface area (Å²) in [6, 6.07) is 0.225. The molecule has 11 heavy (non-hydrogen) atoms. The molecule has 3 nitrogen and oxygen atoms in total. The van der Waals surface area contributed by atoms with Gasteiger partial charge in [-0.15, -0.1) is 0 Å². The first-order valence-corrected chi connectivity index (χ1v) is 3.94. The highest BCUT2D eigenvalue weighted by Crippen LogP contribution is 2.16. The Bertz CT molecular complexity index is 244. The third-order valence-electron chi connectivity index (χ3n) is 1.74. The molecule has 62 valence electrons. The van der Waals surface area contributed by atoms with Gasteiger partial charge < -0.3 is 5.73 Å². The Morgan fingerprint density at radius 2 is 2.45 bits per heavy atom. The van der Waals surface area contributed by atoms with Gasteiger partial charge in [0.2, 0.25) is 0 Å². The predicted molar refractivity (Wildman–Crippen MR) is 45.7 cm³/mol. The van der Waals surface area contributed by atoms with E-state index in [4.69, 9.17) is 17.3 Å². The van der Waals surface area contributed by atoms with Crippen LogP contribution in [0.4, 0.5) is 0 Å². The molecule has 1 aromatic rings. The van der Waals surface area contributed by atoms with E-state index in [1.165, 1.54) is 0 Å². The summed E-state index contributed by atoms with van der Waals surface area (Å²) in [6.45, 7) is 4.52. The lowest BCUT2D eigenvalue weighted by molar-refractivity contribution is 0.489. The summed E-state index contributed by atoms with van der Waals surface area (Å²) in [4.78, 5) is 0. The maximum absolute atomic E-state index is 5.81. The molecule has 0 radical (unpaired) electrons. The summed E-state index contributed by atoms with van der Waals surface area (Å²) in [6.07, 6.45) is 1.64. The van der Waals surface area contributed by atoms with Crippen molar-refractivity contribution >= 4 is 11.6 Å². The number of hydrogen-bond acceptors (Lipinski definition) is 2. The van der Waals surface area contributed by atoms with Crippen LogP contribution in [-0.4, -0.2) is 16.3 Å². The van der Waals surface area contributed by atoms with Gasteiger partial charge in [-0.2, -0.15) is 5.10 Å². The van der Waals surface area contributed by atoms with Crippen molar-refractivity contribution in [1.29, 1.82) is 0 Å². The fraction of sp³-hybridized carbons (Fsp3) is 0.571. The molecular weight excluding hydrogens is 162 g/mol. The second-order valence-electron chi connectivity index (χ2n) is 2.61. The number of nitrogens with two attached hydrogens (primary N) is 1. The highest BCUT2D eigenvalue weighted by atomic mass is 35.5. The minimum Gasteiger partial charge on any atom is -0.328 e. The average Bonchev–Trinajstić information content (AvgIpc) is 2.32. The fourth-order valence-electron chi connectivity index (χ4n) is 0.947. The molecule has 0 aromatic carbocycles. The van der Waals surface area contributed by atoms with E-state index in [1.807, 2.05) is 18.5 Å². The summed E-state index contributed by atoms with van der Waals surface area (Å²) < 4.78 is 1.84. The standard InChI is InChI=1S/C7H12ClN3/c1-5(3-9)11-6(2)7(8)4-10-11/h4-5H,3,9H2,1-2H3/t5-/m0/s1. The van der Waals surface area contributed by atoms with Gasteiger partial charge in [-0.3, -0.25) is 4.68 Å². The molecule has 0 unspecified atom stereocenters. The van der Waals surface area contributed by atoms with Crippen LogP contribution in [0.3, 0.4) is 0 Å². The molecule has 0 bridgehead atoms. The van der Waals surface area contributed by atoms with Crippen LogP contribution in [0.1, 0.15) is 18.7 Å². The van der Waals surface area contributed by atoms with Crippen LogP contribution < -0.4 is 5.73 Å². The molecule has 0 aliphatic carbocycles. The van der Waals surface area contributed by atoms with E-state index >= 15 is 0 Å². The van der Waals surface area contributed by atoms with Crippen molar-refractivity contribution in [3.63, 3.8) is 0 Å². The minimum atomic E-state index is 0.225. The SMILES string of the molecule is Cc1c(Cl)cnn1[C@@H](C)CN. The molecule has 1 rings (SSSR count). The Morgan fingerprint density at radius 1 is 1.82 bits per heavy atom. The molecule has 0 amide bonds. The first kappa shape index (κ1) is 8.56. The van der Waals surface area contributed by atoms with Gasteiger partial charge >= 0.3 is 0 Å².